The van der Waals surface area contributed by atoms with Crippen LogP contribution in [0, 0.1) is 11.7 Å². The minimum Gasteiger partial charge on any atom is -0.481 e. The Morgan fingerprint density at radius 1 is 1.44 bits per heavy atom. The van der Waals surface area contributed by atoms with Gasteiger partial charge in [0.15, 0.2) is 0 Å². The lowest BCUT2D eigenvalue weighted by atomic mass is 10.1. The number of hydrogen-bond donors (Lipinski definition) is 1. The summed E-state index contributed by atoms with van der Waals surface area (Å²) >= 11 is 0. The van der Waals surface area contributed by atoms with Crippen LogP contribution in [0.15, 0.2) is 28.0 Å². The number of aliphatic carboxylic acids is 1. The van der Waals surface area contributed by atoms with E-state index in [0.717, 1.165) is 12.1 Å². The molecular weight excluding hydrogens is 259 g/mol. The van der Waals surface area contributed by atoms with Crippen molar-refractivity contribution in [2.75, 3.05) is 0 Å². The Balaban J connectivity index is 2.48. The zero-order valence-electron chi connectivity index (χ0n) is 9.55. The summed E-state index contributed by atoms with van der Waals surface area (Å²) in [6, 6.07) is 3.42. The largest absolute Gasteiger partial charge is 0.481 e. The first-order chi connectivity index (χ1) is 8.32. The molecule has 0 aliphatic carbocycles. The Morgan fingerprint density at radius 3 is 2.72 bits per heavy atom. The molecule has 18 heavy (non-hydrogen) atoms. The van der Waals surface area contributed by atoms with Crippen LogP contribution >= 0.6 is 0 Å². The first-order valence-electron chi connectivity index (χ1n) is 5.30. The number of sulfone groups is 1. The van der Waals surface area contributed by atoms with Crippen LogP contribution in [0.3, 0.4) is 0 Å². The van der Waals surface area contributed by atoms with Crippen molar-refractivity contribution in [1.29, 1.82) is 0 Å². The second kappa shape index (κ2) is 4.20. The van der Waals surface area contributed by atoms with Crippen molar-refractivity contribution in [3.8, 4) is 0 Å². The summed E-state index contributed by atoms with van der Waals surface area (Å²) in [5.41, 5.74) is 0.280. The smallest absolute Gasteiger partial charge is 0.303 e. The normalized spacial score (nSPS) is 18.0. The highest BCUT2D eigenvalue weighted by Crippen LogP contribution is 2.37. The Morgan fingerprint density at radius 2 is 2.11 bits per heavy atom. The van der Waals surface area contributed by atoms with Crippen LogP contribution in [0.5, 0.6) is 0 Å². The topological polar surface area (TPSA) is 71.4 Å². The van der Waals surface area contributed by atoms with Gasteiger partial charge in [-0.25, -0.2) is 12.8 Å². The molecule has 0 saturated carbocycles. The highest BCUT2D eigenvalue weighted by Gasteiger charge is 2.33. The molecule has 1 aliphatic heterocycles. The SMILES string of the molecule is CC(CC(=O)O)C1=Cc2cc(F)ccc2S1(=O)=O. The summed E-state index contributed by atoms with van der Waals surface area (Å²) in [7, 11) is -3.68. The molecule has 1 unspecified atom stereocenters. The van der Waals surface area contributed by atoms with Crippen LogP contribution in [-0.2, 0) is 14.6 Å². The van der Waals surface area contributed by atoms with Crippen molar-refractivity contribution in [2.24, 2.45) is 5.92 Å². The monoisotopic (exact) mass is 270 g/mol. The molecule has 0 bridgehead atoms. The molecule has 0 amide bonds. The van der Waals surface area contributed by atoms with Crippen molar-refractivity contribution < 1.29 is 22.7 Å². The van der Waals surface area contributed by atoms with Crippen LogP contribution in [0.1, 0.15) is 18.9 Å². The molecule has 0 saturated heterocycles. The molecule has 1 atom stereocenters. The molecule has 1 heterocycles. The van der Waals surface area contributed by atoms with Gasteiger partial charge < -0.3 is 5.11 Å². The summed E-state index contributed by atoms with van der Waals surface area (Å²) < 4.78 is 37.3. The van der Waals surface area contributed by atoms with Gasteiger partial charge in [0.2, 0.25) is 9.84 Å². The number of benzene rings is 1. The lowest BCUT2D eigenvalue weighted by molar-refractivity contribution is -0.137. The average molecular weight is 270 g/mol. The maximum Gasteiger partial charge on any atom is 0.303 e. The van der Waals surface area contributed by atoms with E-state index < -0.39 is 27.5 Å². The summed E-state index contributed by atoms with van der Waals surface area (Å²) in [6.45, 7) is 1.53. The molecule has 1 aliphatic rings. The number of halogens is 1. The van der Waals surface area contributed by atoms with Gasteiger partial charge in [-0.05, 0) is 29.8 Å². The molecule has 0 radical (unpaired) electrons. The first kappa shape index (κ1) is 12.8. The lowest BCUT2D eigenvalue weighted by Gasteiger charge is -2.10. The van der Waals surface area contributed by atoms with E-state index in [0.29, 0.717) is 0 Å². The lowest BCUT2D eigenvalue weighted by Crippen LogP contribution is -2.12. The van der Waals surface area contributed by atoms with Crippen LogP contribution in [0.4, 0.5) is 4.39 Å². The van der Waals surface area contributed by atoms with Crippen LogP contribution < -0.4 is 0 Å². The predicted molar refractivity (Wildman–Crippen MR) is 63.0 cm³/mol. The van der Waals surface area contributed by atoms with Crippen molar-refractivity contribution >= 4 is 21.9 Å². The van der Waals surface area contributed by atoms with Gasteiger partial charge in [0.1, 0.15) is 5.82 Å². The molecule has 1 aromatic rings. The molecule has 4 nitrogen and oxygen atoms in total. The van der Waals surface area contributed by atoms with E-state index in [9.17, 15) is 17.6 Å². The molecule has 0 fully saturated rings. The highest BCUT2D eigenvalue weighted by atomic mass is 32.2. The number of carbonyl (C=O) groups is 1. The van der Waals surface area contributed by atoms with Crippen molar-refractivity contribution in [3.63, 3.8) is 0 Å². The third-order valence-corrected chi connectivity index (χ3v) is 4.93. The first-order valence-corrected chi connectivity index (χ1v) is 6.78. The number of fused-ring (bicyclic) bond motifs is 1. The molecule has 6 heteroatoms. The Bertz CT molecular complexity index is 646. The van der Waals surface area contributed by atoms with E-state index >= 15 is 0 Å². The van der Waals surface area contributed by atoms with E-state index in [1.165, 1.54) is 19.1 Å². The fourth-order valence-corrected chi connectivity index (χ4v) is 3.83. The Kier molecular flexibility index (Phi) is 2.98. The molecule has 0 spiro atoms. The summed E-state index contributed by atoms with van der Waals surface area (Å²) in [5, 5.41) is 8.69. The standard InChI is InChI=1S/C12H11FO4S/c1-7(4-12(14)15)11-6-8-5-9(13)2-3-10(8)18(11,16)17/h2-3,5-7H,4H2,1H3,(H,14,15). The second-order valence-corrected chi connectivity index (χ2v) is 6.15. The molecule has 96 valence electrons. The zero-order chi connectivity index (χ0) is 13.5. The van der Waals surface area contributed by atoms with E-state index in [-0.39, 0.29) is 21.8 Å². The Labute approximate surface area is 104 Å². The molecule has 2 rings (SSSR count). The van der Waals surface area contributed by atoms with E-state index in [2.05, 4.69) is 0 Å². The van der Waals surface area contributed by atoms with Gasteiger partial charge in [0, 0.05) is 5.92 Å². The van der Waals surface area contributed by atoms with Gasteiger partial charge in [-0.15, -0.1) is 0 Å². The fourth-order valence-electron chi connectivity index (χ4n) is 2.00. The predicted octanol–water partition coefficient (Wildman–Crippen LogP) is 2.06. The zero-order valence-corrected chi connectivity index (χ0v) is 10.4. The summed E-state index contributed by atoms with van der Waals surface area (Å²) in [6.07, 6.45) is 1.07. The third kappa shape index (κ3) is 2.03. The third-order valence-electron chi connectivity index (χ3n) is 2.84. The van der Waals surface area contributed by atoms with E-state index in [1.54, 1.807) is 0 Å². The fraction of sp³-hybridized carbons (Fsp3) is 0.250. The summed E-state index contributed by atoms with van der Waals surface area (Å²) in [5.74, 6) is -2.23. The number of carboxylic acids is 1. The van der Waals surface area contributed by atoms with Crippen LogP contribution in [0.2, 0.25) is 0 Å². The second-order valence-electron chi connectivity index (χ2n) is 4.23. The minimum absolute atomic E-state index is 0.0329. The van der Waals surface area contributed by atoms with Crippen LogP contribution in [0.25, 0.3) is 6.08 Å². The molecule has 0 aromatic heterocycles. The maximum absolute atomic E-state index is 13.0. The van der Waals surface area contributed by atoms with E-state index in [4.69, 9.17) is 5.11 Å². The Hall–Kier alpha value is -1.69. The van der Waals surface area contributed by atoms with Gasteiger partial charge in [-0.1, -0.05) is 6.92 Å². The minimum atomic E-state index is -3.68. The van der Waals surface area contributed by atoms with Gasteiger partial charge in [-0.3, -0.25) is 4.79 Å². The maximum atomic E-state index is 13.0. The average Bonchev–Trinajstić information content (AvgIpc) is 2.49. The quantitative estimate of drug-likeness (QED) is 0.853. The number of carboxylic acid groups (broad SMARTS) is 1. The molecular formula is C12H11FO4S. The van der Waals surface area contributed by atoms with Crippen molar-refractivity contribution in [2.45, 2.75) is 18.2 Å². The van der Waals surface area contributed by atoms with Gasteiger partial charge in [-0.2, -0.15) is 0 Å². The van der Waals surface area contributed by atoms with Gasteiger partial charge >= 0.3 is 5.97 Å². The van der Waals surface area contributed by atoms with Crippen molar-refractivity contribution in [3.05, 3.63) is 34.5 Å². The molecule has 1 aromatic carbocycles. The number of hydrogen-bond acceptors (Lipinski definition) is 3. The van der Waals surface area contributed by atoms with Crippen LogP contribution in [-0.4, -0.2) is 19.5 Å². The van der Waals surface area contributed by atoms with Gasteiger partial charge in [0.05, 0.1) is 16.2 Å². The van der Waals surface area contributed by atoms with Crippen molar-refractivity contribution in [1.82, 2.24) is 0 Å². The van der Waals surface area contributed by atoms with E-state index in [1.807, 2.05) is 0 Å². The van der Waals surface area contributed by atoms with Gasteiger partial charge in [0.25, 0.3) is 0 Å². The highest BCUT2D eigenvalue weighted by molar-refractivity contribution is 7.95. The number of rotatable bonds is 3. The summed E-state index contributed by atoms with van der Waals surface area (Å²) in [4.78, 5) is 10.7. The molecule has 1 N–H and O–H groups in total. The number of allylic oxidation sites excluding steroid dienone is 1.